The molecule has 1 N–H and O–H groups in total. The van der Waals surface area contributed by atoms with Gasteiger partial charge in [0.1, 0.15) is 10.0 Å². The predicted molar refractivity (Wildman–Crippen MR) is 83.3 cm³/mol. The van der Waals surface area contributed by atoms with Crippen LogP contribution in [-0.4, -0.2) is 19.4 Å². The molecule has 0 saturated heterocycles. The van der Waals surface area contributed by atoms with Crippen molar-refractivity contribution in [2.45, 2.75) is 50.5 Å². The molecule has 1 fully saturated rings. The minimum absolute atomic E-state index is 0.00293. The average molecular weight is 382 g/mol. The highest BCUT2D eigenvalue weighted by atomic mass is 79.9. The van der Waals surface area contributed by atoms with E-state index in [1.807, 2.05) is 0 Å². The lowest BCUT2D eigenvalue weighted by molar-refractivity contribution is 0.218. The third kappa shape index (κ3) is 3.93. The van der Waals surface area contributed by atoms with E-state index in [1.54, 1.807) is 0 Å². The molecule has 0 atom stereocenters. The number of aromatic nitrogens is 1. The Bertz CT molecular complexity index is 594. The summed E-state index contributed by atoms with van der Waals surface area (Å²) in [4.78, 5) is 3.89. The van der Waals surface area contributed by atoms with E-state index in [0.29, 0.717) is 9.89 Å². The Morgan fingerprint density at radius 2 is 2.00 bits per heavy atom. The minimum atomic E-state index is -3.62. The van der Waals surface area contributed by atoms with Crippen molar-refractivity contribution >= 4 is 37.6 Å². The summed E-state index contributed by atoms with van der Waals surface area (Å²) in [6.45, 7) is 4.43. The number of pyridine rings is 1. The van der Waals surface area contributed by atoms with Crippen molar-refractivity contribution in [2.75, 3.05) is 0 Å². The zero-order valence-electron chi connectivity index (χ0n) is 11.5. The molecule has 1 aliphatic rings. The van der Waals surface area contributed by atoms with Crippen LogP contribution in [0.5, 0.6) is 0 Å². The first-order valence-corrected chi connectivity index (χ1v) is 9.18. The maximum Gasteiger partial charge on any atom is 0.243 e. The zero-order valence-corrected chi connectivity index (χ0v) is 14.6. The molecule has 2 rings (SSSR count). The second-order valence-electron chi connectivity index (χ2n) is 6.00. The highest BCUT2D eigenvalue weighted by molar-refractivity contribution is 9.10. The Kier molecular flexibility index (Phi) is 4.79. The molecule has 20 heavy (non-hydrogen) atoms. The van der Waals surface area contributed by atoms with Crippen molar-refractivity contribution in [3.05, 3.63) is 21.9 Å². The summed E-state index contributed by atoms with van der Waals surface area (Å²) in [5.41, 5.74) is 0.302. The van der Waals surface area contributed by atoms with Crippen LogP contribution in [0, 0.1) is 5.41 Å². The van der Waals surface area contributed by atoms with Gasteiger partial charge in [-0.2, -0.15) is 0 Å². The zero-order chi connectivity index (χ0) is 15.0. The maximum absolute atomic E-state index is 12.4. The number of halogens is 2. The van der Waals surface area contributed by atoms with Gasteiger partial charge in [-0.1, -0.05) is 25.4 Å². The van der Waals surface area contributed by atoms with Crippen LogP contribution in [0.4, 0.5) is 0 Å². The lowest BCUT2D eigenvalue weighted by atomic mass is 9.76. The summed E-state index contributed by atoms with van der Waals surface area (Å²) < 4.78 is 28.1. The van der Waals surface area contributed by atoms with Gasteiger partial charge in [0, 0.05) is 16.7 Å². The van der Waals surface area contributed by atoms with Gasteiger partial charge in [-0.25, -0.2) is 18.1 Å². The van der Waals surface area contributed by atoms with Gasteiger partial charge in [-0.15, -0.1) is 0 Å². The summed E-state index contributed by atoms with van der Waals surface area (Å²) >= 11 is 9.11. The van der Waals surface area contributed by atoms with Gasteiger partial charge in [-0.05, 0) is 53.1 Å². The molecule has 1 aromatic rings. The molecular weight excluding hydrogens is 364 g/mol. The molecule has 0 bridgehead atoms. The van der Waals surface area contributed by atoms with E-state index in [1.165, 1.54) is 12.3 Å². The monoisotopic (exact) mass is 380 g/mol. The molecule has 4 nitrogen and oxygen atoms in total. The molecule has 0 unspecified atom stereocenters. The first-order valence-electron chi connectivity index (χ1n) is 6.53. The maximum atomic E-state index is 12.4. The predicted octanol–water partition coefficient (Wildman–Crippen LogP) is 3.74. The average Bonchev–Trinajstić information content (AvgIpc) is 2.35. The molecule has 0 aliphatic heterocycles. The van der Waals surface area contributed by atoms with Crippen LogP contribution in [0.15, 0.2) is 21.6 Å². The molecule has 1 saturated carbocycles. The van der Waals surface area contributed by atoms with E-state index in [9.17, 15) is 8.42 Å². The third-order valence-corrected chi connectivity index (χ3v) is 6.10. The van der Waals surface area contributed by atoms with E-state index < -0.39 is 10.0 Å². The smallest absolute Gasteiger partial charge is 0.242 e. The fraction of sp³-hybridized carbons (Fsp3) is 0.615. The van der Waals surface area contributed by atoms with E-state index in [-0.39, 0.29) is 16.1 Å². The Hall–Kier alpha value is -0.170. The number of rotatable bonds is 3. The summed E-state index contributed by atoms with van der Waals surface area (Å²) in [5, 5.41) is -0.00293. The number of nitrogens with zero attached hydrogens (tertiary/aromatic N) is 1. The second-order valence-corrected chi connectivity index (χ2v) is 8.96. The van der Waals surface area contributed by atoms with E-state index >= 15 is 0 Å². The lowest BCUT2D eigenvalue weighted by Crippen LogP contribution is -2.39. The molecule has 112 valence electrons. The number of hydrogen-bond donors (Lipinski definition) is 1. The summed E-state index contributed by atoms with van der Waals surface area (Å²) in [5.74, 6) is 0. The van der Waals surface area contributed by atoms with Crippen LogP contribution < -0.4 is 4.72 Å². The fourth-order valence-electron chi connectivity index (χ4n) is 2.39. The topological polar surface area (TPSA) is 59.1 Å². The van der Waals surface area contributed by atoms with Crippen molar-refractivity contribution in [3.63, 3.8) is 0 Å². The molecule has 1 aromatic heterocycles. The normalized spacial score (nSPS) is 20.0. The first-order chi connectivity index (χ1) is 9.20. The molecule has 1 heterocycles. The SMILES string of the molecule is CC1(C)CCC(NS(=O)(=O)c2cc(Br)cnc2Cl)CC1. The van der Waals surface area contributed by atoms with Crippen molar-refractivity contribution in [1.29, 1.82) is 0 Å². The van der Waals surface area contributed by atoms with E-state index in [2.05, 4.69) is 39.5 Å². The van der Waals surface area contributed by atoms with Crippen LogP contribution in [0.3, 0.4) is 0 Å². The van der Waals surface area contributed by atoms with Crippen LogP contribution >= 0.6 is 27.5 Å². The summed E-state index contributed by atoms with van der Waals surface area (Å²) in [6, 6.07) is 1.45. The molecule has 7 heteroatoms. The molecule has 0 amide bonds. The van der Waals surface area contributed by atoms with Crippen LogP contribution in [0.1, 0.15) is 39.5 Å². The standard InChI is InChI=1S/C13H18BrClN2O2S/c1-13(2)5-3-10(4-6-13)17-20(18,19)11-7-9(14)8-16-12(11)15/h7-8,10,17H,3-6H2,1-2H3. The van der Waals surface area contributed by atoms with Gasteiger partial charge in [0.05, 0.1) is 0 Å². The van der Waals surface area contributed by atoms with Crippen LogP contribution in [0.2, 0.25) is 5.15 Å². The molecule has 0 aromatic carbocycles. The Morgan fingerprint density at radius 1 is 1.40 bits per heavy atom. The first kappa shape index (κ1) is 16.2. The second kappa shape index (κ2) is 5.91. The van der Waals surface area contributed by atoms with Gasteiger partial charge >= 0.3 is 0 Å². The lowest BCUT2D eigenvalue weighted by Gasteiger charge is -2.34. The molecule has 1 aliphatic carbocycles. The minimum Gasteiger partial charge on any atom is -0.242 e. The van der Waals surface area contributed by atoms with Gasteiger partial charge in [-0.3, -0.25) is 0 Å². The van der Waals surface area contributed by atoms with Gasteiger partial charge in [0.25, 0.3) is 0 Å². The number of nitrogens with one attached hydrogen (secondary N) is 1. The van der Waals surface area contributed by atoms with Gasteiger partial charge in [0.2, 0.25) is 10.0 Å². The van der Waals surface area contributed by atoms with Crippen molar-refractivity contribution in [3.8, 4) is 0 Å². The third-order valence-electron chi connectivity index (χ3n) is 3.72. The summed E-state index contributed by atoms with van der Waals surface area (Å²) in [7, 11) is -3.62. The highest BCUT2D eigenvalue weighted by Crippen LogP contribution is 2.35. The number of sulfonamides is 1. The molecule has 0 radical (unpaired) electrons. The van der Waals surface area contributed by atoms with Crippen LogP contribution in [0.25, 0.3) is 0 Å². The van der Waals surface area contributed by atoms with Crippen molar-refractivity contribution < 1.29 is 8.42 Å². The Balaban J connectivity index is 2.14. The quantitative estimate of drug-likeness (QED) is 0.811. The molecule has 0 spiro atoms. The van der Waals surface area contributed by atoms with Gasteiger partial charge < -0.3 is 0 Å². The van der Waals surface area contributed by atoms with E-state index in [0.717, 1.165) is 25.7 Å². The van der Waals surface area contributed by atoms with Crippen molar-refractivity contribution in [1.82, 2.24) is 9.71 Å². The number of hydrogen-bond acceptors (Lipinski definition) is 3. The fourth-order valence-corrected chi connectivity index (χ4v) is 4.64. The molecular formula is C13H18BrClN2O2S. The Labute approximate surface area is 133 Å². The highest BCUT2D eigenvalue weighted by Gasteiger charge is 2.30. The van der Waals surface area contributed by atoms with E-state index in [4.69, 9.17) is 11.6 Å². The largest absolute Gasteiger partial charge is 0.243 e. The Morgan fingerprint density at radius 3 is 2.60 bits per heavy atom. The summed E-state index contributed by atoms with van der Waals surface area (Å²) in [6.07, 6.45) is 5.22. The van der Waals surface area contributed by atoms with Crippen molar-refractivity contribution in [2.24, 2.45) is 5.41 Å². The van der Waals surface area contributed by atoms with Gasteiger partial charge in [0.15, 0.2) is 0 Å². The van der Waals surface area contributed by atoms with Crippen LogP contribution in [-0.2, 0) is 10.0 Å².